The van der Waals surface area contributed by atoms with Gasteiger partial charge >= 0.3 is 0 Å². The highest BCUT2D eigenvalue weighted by Crippen LogP contribution is 2.19. The number of fused-ring (bicyclic) bond motifs is 1. The second-order valence-corrected chi connectivity index (χ2v) is 8.19. The zero-order valence-electron chi connectivity index (χ0n) is 18.7. The third-order valence-electron chi connectivity index (χ3n) is 5.12. The number of nitrogens with zero attached hydrogens (tertiary/aromatic N) is 3. The number of carbonyl (C=O) groups excluding carboxylic acids is 3. The van der Waals surface area contributed by atoms with Gasteiger partial charge in [-0.1, -0.05) is 13.8 Å². The fourth-order valence-electron chi connectivity index (χ4n) is 3.53. The molecule has 168 valence electrons. The van der Waals surface area contributed by atoms with Crippen LogP contribution in [0.3, 0.4) is 0 Å². The molecule has 0 atom stereocenters. The Hall–Kier alpha value is -3.75. The highest BCUT2D eigenvalue weighted by atomic mass is 16.2. The monoisotopic (exact) mass is 436 g/mol. The van der Waals surface area contributed by atoms with Crippen molar-refractivity contribution in [1.29, 1.82) is 0 Å². The van der Waals surface area contributed by atoms with Crippen molar-refractivity contribution in [2.75, 3.05) is 10.6 Å². The van der Waals surface area contributed by atoms with E-state index in [0.29, 0.717) is 29.9 Å². The van der Waals surface area contributed by atoms with Gasteiger partial charge in [-0.15, -0.1) is 0 Å². The maximum absolute atomic E-state index is 12.5. The molecule has 3 rings (SSSR count). The Morgan fingerprint density at radius 2 is 1.62 bits per heavy atom. The predicted molar refractivity (Wildman–Crippen MR) is 122 cm³/mol. The largest absolute Gasteiger partial charge is 0.365 e. The maximum atomic E-state index is 12.5. The lowest BCUT2D eigenvalue weighted by molar-refractivity contribution is -0.117. The van der Waals surface area contributed by atoms with Crippen molar-refractivity contribution < 1.29 is 14.4 Å². The van der Waals surface area contributed by atoms with Crippen LogP contribution in [-0.2, 0) is 16.0 Å². The SMILES string of the molecule is Cc1nc2c(C(N)=O)cnn2c(C)c1CCC(=O)Nc1ccc(NC(=O)CC(C)C)cc1. The van der Waals surface area contributed by atoms with Gasteiger partial charge in [0, 0.05) is 35.6 Å². The Bertz CT molecular complexity index is 1160. The summed E-state index contributed by atoms with van der Waals surface area (Å²) in [6, 6.07) is 7.02. The lowest BCUT2D eigenvalue weighted by Gasteiger charge is -2.12. The zero-order chi connectivity index (χ0) is 23.4. The van der Waals surface area contributed by atoms with Crippen LogP contribution in [0, 0.1) is 19.8 Å². The van der Waals surface area contributed by atoms with Crippen molar-refractivity contribution in [3.8, 4) is 0 Å². The summed E-state index contributed by atoms with van der Waals surface area (Å²) in [5.74, 6) is -0.466. The Morgan fingerprint density at radius 3 is 2.19 bits per heavy atom. The number of benzene rings is 1. The molecule has 0 aliphatic heterocycles. The first-order valence-corrected chi connectivity index (χ1v) is 10.5. The number of nitrogens with two attached hydrogens (primary N) is 1. The van der Waals surface area contributed by atoms with E-state index in [2.05, 4.69) is 20.7 Å². The van der Waals surface area contributed by atoms with E-state index in [4.69, 9.17) is 5.73 Å². The van der Waals surface area contributed by atoms with E-state index >= 15 is 0 Å². The molecule has 4 N–H and O–H groups in total. The summed E-state index contributed by atoms with van der Waals surface area (Å²) in [6.45, 7) is 7.69. The normalized spacial score (nSPS) is 11.0. The molecule has 0 bridgehead atoms. The minimum absolute atomic E-state index is 0.0340. The van der Waals surface area contributed by atoms with Crippen molar-refractivity contribution >= 4 is 34.7 Å². The van der Waals surface area contributed by atoms with Crippen LogP contribution in [0.15, 0.2) is 30.5 Å². The lowest BCUT2D eigenvalue weighted by Crippen LogP contribution is -2.15. The average molecular weight is 437 g/mol. The summed E-state index contributed by atoms with van der Waals surface area (Å²) in [5, 5.41) is 9.91. The standard InChI is InChI=1S/C23H28N6O3/c1-13(2)11-21(31)28-17-7-5-16(6-8-17)27-20(30)10-9-18-14(3)26-23-19(22(24)32)12-25-29(23)15(18)4/h5-8,12-13H,9-11H2,1-4H3,(H2,24,32)(H,27,30)(H,28,31). The number of primary amides is 1. The van der Waals surface area contributed by atoms with Crippen molar-refractivity contribution in [3.05, 3.63) is 53.0 Å². The fraction of sp³-hybridized carbons (Fsp3) is 0.348. The quantitative estimate of drug-likeness (QED) is 0.499. The molecule has 2 aromatic heterocycles. The number of carbonyl (C=O) groups is 3. The molecule has 32 heavy (non-hydrogen) atoms. The van der Waals surface area contributed by atoms with Gasteiger partial charge in [0.2, 0.25) is 11.8 Å². The van der Waals surface area contributed by atoms with E-state index in [9.17, 15) is 14.4 Å². The molecule has 0 aliphatic rings. The van der Waals surface area contributed by atoms with Crippen LogP contribution in [0.5, 0.6) is 0 Å². The third kappa shape index (κ3) is 5.29. The van der Waals surface area contributed by atoms with Crippen LogP contribution in [0.1, 0.15) is 54.0 Å². The Balaban J connectivity index is 1.62. The summed E-state index contributed by atoms with van der Waals surface area (Å²) in [7, 11) is 0. The first-order chi connectivity index (χ1) is 15.2. The van der Waals surface area contributed by atoms with Crippen molar-refractivity contribution in [2.45, 2.75) is 47.0 Å². The topological polar surface area (TPSA) is 131 Å². The lowest BCUT2D eigenvalue weighted by atomic mass is 10.1. The number of hydrogen-bond acceptors (Lipinski definition) is 5. The Labute approximate surface area is 186 Å². The molecule has 9 heteroatoms. The van der Waals surface area contributed by atoms with Gasteiger partial charge in [-0.3, -0.25) is 14.4 Å². The van der Waals surface area contributed by atoms with E-state index in [1.807, 2.05) is 27.7 Å². The first kappa shape index (κ1) is 22.9. The number of rotatable bonds is 8. The van der Waals surface area contributed by atoms with E-state index in [0.717, 1.165) is 17.0 Å². The van der Waals surface area contributed by atoms with Gasteiger partial charge in [0.25, 0.3) is 5.91 Å². The molecular formula is C23H28N6O3. The van der Waals surface area contributed by atoms with Crippen molar-refractivity contribution in [2.24, 2.45) is 11.7 Å². The number of aryl methyl sites for hydroxylation is 2. The number of hydrogen-bond donors (Lipinski definition) is 3. The fourth-order valence-corrected chi connectivity index (χ4v) is 3.53. The van der Waals surface area contributed by atoms with E-state index in [-0.39, 0.29) is 29.7 Å². The van der Waals surface area contributed by atoms with Gasteiger partial charge in [0.15, 0.2) is 5.65 Å². The van der Waals surface area contributed by atoms with Crippen molar-refractivity contribution in [3.63, 3.8) is 0 Å². The van der Waals surface area contributed by atoms with Crippen LogP contribution in [-0.4, -0.2) is 32.3 Å². The van der Waals surface area contributed by atoms with E-state index in [1.165, 1.54) is 6.20 Å². The summed E-state index contributed by atoms with van der Waals surface area (Å²) in [5.41, 5.74) is 9.85. The average Bonchev–Trinajstić information content (AvgIpc) is 3.13. The number of anilines is 2. The smallest absolute Gasteiger partial charge is 0.254 e. The summed E-state index contributed by atoms with van der Waals surface area (Å²) < 4.78 is 1.58. The number of amides is 3. The molecule has 3 amide bonds. The highest BCUT2D eigenvalue weighted by molar-refractivity contribution is 5.98. The van der Waals surface area contributed by atoms with Gasteiger partial charge in [-0.25, -0.2) is 9.50 Å². The van der Waals surface area contributed by atoms with Crippen LogP contribution < -0.4 is 16.4 Å². The molecule has 1 aromatic carbocycles. The molecule has 0 unspecified atom stereocenters. The summed E-state index contributed by atoms with van der Waals surface area (Å²) >= 11 is 0. The van der Waals surface area contributed by atoms with Gasteiger partial charge in [-0.05, 0) is 56.0 Å². The highest BCUT2D eigenvalue weighted by Gasteiger charge is 2.17. The second kappa shape index (κ2) is 9.59. The number of aromatic nitrogens is 3. The minimum atomic E-state index is -0.580. The molecule has 0 saturated carbocycles. The molecular weight excluding hydrogens is 408 g/mol. The van der Waals surface area contributed by atoms with Crippen LogP contribution in [0.25, 0.3) is 5.65 Å². The van der Waals surface area contributed by atoms with Gasteiger partial charge in [0.05, 0.1) is 6.20 Å². The number of nitrogens with one attached hydrogen (secondary N) is 2. The van der Waals surface area contributed by atoms with E-state index in [1.54, 1.807) is 28.8 Å². The third-order valence-corrected chi connectivity index (χ3v) is 5.12. The molecule has 0 aliphatic carbocycles. The summed E-state index contributed by atoms with van der Waals surface area (Å²) in [6.07, 6.45) is 2.59. The van der Waals surface area contributed by atoms with Crippen molar-refractivity contribution in [1.82, 2.24) is 14.6 Å². The Kier molecular flexibility index (Phi) is 6.87. The summed E-state index contributed by atoms with van der Waals surface area (Å²) in [4.78, 5) is 40.3. The second-order valence-electron chi connectivity index (χ2n) is 8.19. The van der Waals surface area contributed by atoms with Gasteiger partial charge in [0.1, 0.15) is 5.56 Å². The molecule has 0 saturated heterocycles. The Morgan fingerprint density at radius 1 is 1.03 bits per heavy atom. The first-order valence-electron chi connectivity index (χ1n) is 10.5. The van der Waals surface area contributed by atoms with Gasteiger partial charge in [-0.2, -0.15) is 5.10 Å². The molecule has 3 aromatic rings. The van der Waals surface area contributed by atoms with Crippen LogP contribution in [0.4, 0.5) is 11.4 Å². The van der Waals surface area contributed by atoms with Crippen LogP contribution in [0.2, 0.25) is 0 Å². The molecule has 0 spiro atoms. The van der Waals surface area contributed by atoms with Crippen LogP contribution >= 0.6 is 0 Å². The van der Waals surface area contributed by atoms with E-state index < -0.39 is 5.91 Å². The molecule has 0 fully saturated rings. The van der Waals surface area contributed by atoms with Gasteiger partial charge < -0.3 is 16.4 Å². The maximum Gasteiger partial charge on any atom is 0.254 e. The molecule has 9 nitrogen and oxygen atoms in total. The zero-order valence-corrected chi connectivity index (χ0v) is 18.7. The molecule has 2 heterocycles. The minimum Gasteiger partial charge on any atom is -0.365 e. The predicted octanol–water partition coefficient (Wildman–Crippen LogP) is 3.00. The molecule has 0 radical (unpaired) electrons.